The summed E-state index contributed by atoms with van der Waals surface area (Å²) in [6.45, 7) is 3.56. The topological polar surface area (TPSA) is 140 Å². The van der Waals surface area contributed by atoms with Crippen molar-refractivity contribution >= 4 is 7.60 Å². The summed E-state index contributed by atoms with van der Waals surface area (Å²) in [5.74, 6) is 0.800. The summed E-state index contributed by atoms with van der Waals surface area (Å²) in [6, 6.07) is 1.17. The van der Waals surface area contributed by atoms with Crippen molar-refractivity contribution in [2.75, 3.05) is 13.7 Å². The molecule has 2 rings (SSSR count). The van der Waals surface area contributed by atoms with E-state index in [-0.39, 0.29) is 5.57 Å². The third kappa shape index (κ3) is 4.55. The van der Waals surface area contributed by atoms with Gasteiger partial charge in [0.15, 0.2) is 6.23 Å². The molecular weight excluding hydrogens is 355 g/mol. The Bertz CT molecular complexity index is 795. The second-order valence-electron chi connectivity index (χ2n) is 5.55. The van der Waals surface area contributed by atoms with E-state index in [0.29, 0.717) is 6.61 Å². The maximum absolute atomic E-state index is 12.1. The van der Waals surface area contributed by atoms with E-state index in [1.807, 2.05) is 0 Å². The van der Waals surface area contributed by atoms with Gasteiger partial charge in [0.25, 0.3) is 5.56 Å². The van der Waals surface area contributed by atoms with Crippen LogP contribution in [-0.2, 0) is 18.8 Å². The van der Waals surface area contributed by atoms with Gasteiger partial charge in [0, 0.05) is 31.8 Å². The van der Waals surface area contributed by atoms with Crippen molar-refractivity contribution in [2.45, 2.75) is 38.4 Å². The molecule has 25 heavy (non-hydrogen) atoms. The molecule has 0 bridgehead atoms. The van der Waals surface area contributed by atoms with Crippen LogP contribution in [0.5, 0.6) is 0 Å². The van der Waals surface area contributed by atoms with E-state index in [4.69, 9.17) is 24.0 Å². The van der Waals surface area contributed by atoms with Crippen LogP contribution < -0.4 is 11.2 Å². The smallest absolute Gasteiger partial charge is 0.349 e. The molecule has 140 valence electrons. The number of nitrogens with one attached hydrogen (secondary N) is 1. The number of ether oxygens (including phenoxy) is 3. The number of hydrogen-bond donors (Lipinski definition) is 3. The van der Waals surface area contributed by atoms with Crippen molar-refractivity contribution in [3.8, 4) is 0 Å². The van der Waals surface area contributed by atoms with Crippen LogP contribution in [-0.4, -0.2) is 51.4 Å². The Kier molecular flexibility index (Phi) is 6.15. The molecule has 4 atom stereocenters. The summed E-state index contributed by atoms with van der Waals surface area (Å²) in [7, 11) is -3.00. The zero-order valence-electron chi connectivity index (χ0n) is 14.0. The Balaban J connectivity index is 2.46. The van der Waals surface area contributed by atoms with Gasteiger partial charge in [0.2, 0.25) is 0 Å². The van der Waals surface area contributed by atoms with E-state index < -0.39 is 43.4 Å². The third-order valence-electron chi connectivity index (χ3n) is 3.77. The lowest BCUT2D eigenvalue weighted by molar-refractivity contribution is -0.0594. The zero-order valence-corrected chi connectivity index (χ0v) is 14.9. The fourth-order valence-corrected chi connectivity index (χ4v) is 3.50. The van der Waals surface area contributed by atoms with E-state index in [1.54, 1.807) is 6.92 Å². The number of aromatic amines is 1. The average molecular weight is 376 g/mol. The second-order valence-corrected chi connectivity index (χ2v) is 6.98. The van der Waals surface area contributed by atoms with E-state index in [1.165, 1.54) is 26.3 Å². The third-order valence-corrected chi connectivity index (χ3v) is 4.51. The predicted octanol–water partition coefficient (Wildman–Crippen LogP) is -0.0644. The Morgan fingerprint density at radius 2 is 2.12 bits per heavy atom. The van der Waals surface area contributed by atoms with E-state index in [9.17, 15) is 14.2 Å². The van der Waals surface area contributed by atoms with Gasteiger partial charge >= 0.3 is 13.3 Å². The van der Waals surface area contributed by atoms with Crippen LogP contribution >= 0.6 is 7.60 Å². The predicted molar refractivity (Wildman–Crippen MR) is 87.2 cm³/mol. The quantitative estimate of drug-likeness (QED) is 0.587. The highest BCUT2D eigenvalue weighted by Crippen LogP contribution is 2.42. The molecule has 0 spiro atoms. The van der Waals surface area contributed by atoms with Gasteiger partial charge < -0.3 is 24.0 Å². The van der Waals surface area contributed by atoms with Crippen molar-refractivity contribution in [2.24, 2.45) is 0 Å². The Labute approximate surface area is 143 Å². The lowest BCUT2D eigenvalue weighted by atomic mass is 10.0. The summed E-state index contributed by atoms with van der Waals surface area (Å²) in [4.78, 5) is 43.7. The molecule has 2 heterocycles. The first-order chi connectivity index (χ1) is 11.7. The first kappa shape index (κ1) is 19.8. The molecular formula is C14H21N2O8P. The molecule has 0 amide bonds. The molecule has 1 saturated heterocycles. The minimum atomic E-state index is -4.41. The number of hydrogen-bond acceptors (Lipinski definition) is 6. The van der Waals surface area contributed by atoms with Crippen LogP contribution in [0.25, 0.3) is 0 Å². The number of H-pyrrole nitrogens is 1. The highest BCUT2D eigenvalue weighted by atomic mass is 31.2. The van der Waals surface area contributed by atoms with Gasteiger partial charge in [-0.05, 0) is 19.4 Å². The van der Waals surface area contributed by atoms with E-state index >= 15 is 0 Å². The minimum Gasteiger partial charge on any atom is -0.374 e. The summed E-state index contributed by atoms with van der Waals surface area (Å²) >= 11 is 0. The van der Waals surface area contributed by atoms with Gasteiger partial charge in [-0.2, -0.15) is 0 Å². The van der Waals surface area contributed by atoms with Crippen LogP contribution in [0, 0.1) is 0 Å². The van der Waals surface area contributed by atoms with Crippen LogP contribution in [0.2, 0.25) is 0 Å². The minimum absolute atomic E-state index is 0.258. The zero-order chi connectivity index (χ0) is 18.8. The fourth-order valence-electron chi connectivity index (χ4n) is 2.82. The molecule has 0 aliphatic carbocycles. The molecule has 3 N–H and O–H groups in total. The van der Waals surface area contributed by atoms with Gasteiger partial charge in [0.1, 0.15) is 18.3 Å². The summed E-state index contributed by atoms with van der Waals surface area (Å²) < 4.78 is 29.3. The van der Waals surface area contributed by atoms with Crippen molar-refractivity contribution in [3.63, 3.8) is 0 Å². The maximum Gasteiger partial charge on any atom is 0.349 e. The molecule has 11 heteroatoms. The normalized spacial score (nSPS) is 27.6. The largest absolute Gasteiger partial charge is 0.374 e. The molecule has 1 aliphatic rings. The lowest BCUT2D eigenvalue weighted by Gasteiger charge is -2.23. The Hall–Kier alpha value is -1.55. The molecule has 1 aliphatic heterocycles. The molecule has 0 radical (unpaired) electrons. The summed E-state index contributed by atoms with van der Waals surface area (Å²) in [6.07, 6.45) is -1.92. The first-order valence-electron chi connectivity index (χ1n) is 7.54. The number of methoxy groups -OCH3 is 1. The SMILES string of the molecule is CCOC1C(OC)[C@H](n2ccc(=O)[nH]c2=O)O[C@@H]1/C(C)=C/P(=O)(O)O. The molecule has 2 unspecified atom stereocenters. The van der Waals surface area contributed by atoms with Crippen LogP contribution in [0.1, 0.15) is 20.1 Å². The fraction of sp³-hybridized carbons (Fsp3) is 0.571. The van der Waals surface area contributed by atoms with Gasteiger partial charge in [0.05, 0.1) is 0 Å². The molecule has 10 nitrogen and oxygen atoms in total. The molecule has 1 aromatic rings. The van der Waals surface area contributed by atoms with Gasteiger partial charge in [-0.25, -0.2) is 4.79 Å². The molecule has 0 saturated carbocycles. The maximum atomic E-state index is 12.1. The van der Waals surface area contributed by atoms with Crippen LogP contribution in [0.4, 0.5) is 0 Å². The highest BCUT2D eigenvalue weighted by molar-refractivity contribution is 7.55. The second kappa shape index (κ2) is 7.77. The van der Waals surface area contributed by atoms with Crippen LogP contribution in [0.15, 0.2) is 33.2 Å². The number of rotatable bonds is 6. The summed E-state index contributed by atoms with van der Waals surface area (Å²) in [5.41, 5.74) is -0.982. The lowest BCUT2D eigenvalue weighted by Crippen LogP contribution is -2.39. The standard InChI is InChI=1S/C14H21N2O8P/c1-4-23-11-10(8(2)7-25(19,20)21)24-13(12(11)22-3)16-6-5-9(17)15-14(16)18/h5-7,10-13H,4H2,1-3H3,(H,15,17,18)(H2,19,20,21)/b8-7+/t10-,11?,12?,13-/m1/s1. The van der Waals surface area contributed by atoms with E-state index in [2.05, 4.69) is 4.98 Å². The Morgan fingerprint density at radius 3 is 2.64 bits per heavy atom. The van der Waals surface area contributed by atoms with Crippen molar-refractivity contribution in [3.05, 3.63) is 44.5 Å². The van der Waals surface area contributed by atoms with Crippen molar-refractivity contribution in [1.29, 1.82) is 0 Å². The Morgan fingerprint density at radius 1 is 1.44 bits per heavy atom. The summed E-state index contributed by atoms with van der Waals surface area (Å²) in [5, 5.41) is 0. The molecule has 0 aromatic carbocycles. The van der Waals surface area contributed by atoms with Gasteiger partial charge in [-0.15, -0.1) is 0 Å². The molecule has 1 aromatic heterocycles. The van der Waals surface area contributed by atoms with E-state index in [0.717, 1.165) is 10.4 Å². The molecule has 1 fully saturated rings. The number of nitrogens with zero attached hydrogens (tertiary/aromatic N) is 1. The van der Waals surface area contributed by atoms with Crippen LogP contribution in [0.3, 0.4) is 0 Å². The van der Waals surface area contributed by atoms with Crippen molar-refractivity contribution < 1.29 is 28.6 Å². The highest BCUT2D eigenvalue weighted by Gasteiger charge is 2.47. The number of aromatic nitrogens is 2. The van der Waals surface area contributed by atoms with Gasteiger partial charge in [-0.1, -0.05) is 0 Å². The average Bonchev–Trinajstić information content (AvgIpc) is 2.84. The first-order valence-corrected chi connectivity index (χ1v) is 9.22. The monoisotopic (exact) mass is 376 g/mol. The van der Waals surface area contributed by atoms with Gasteiger partial charge in [-0.3, -0.25) is 18.9 Å². The van der Waals surface area contributed by atoms with Crippen molar-refractivity contribution in [1.82, 2.24) is 9.55 Å².